The van der Waals surface area contributed by atoms with Crippen LogP contribution >= 0.6 is 0 Å². The third-order valence-corrected chi connectivity index (χ3v) is 3.35. The molecule has 0 fully saturated rings. The monoisotopic (exact) mass is 286 g/mol. The summed E-state index contributed by atoms with van der Waals surface area (Å²) in [6.45, 7) is 5.42. The van der Waals surface area contributed by atoms with Crippen LogP contribution in [0.2, 0.25) is 0 Å². The van der Waals surface area contributed by atoms with Crippen LogP contribution in [0.15, 0.2) is 29.1 Å². The first-order chi connectivity index (χ1) is 9.88. The molecule has 0 aliphatic carbocycles. The van der Waals surface area contributed by atoms with Crippen LogP contribution in [0.5, 0.6) is 0 Å². The normalized spacial score (nSPS) is 10.4. The molecule has 0 aliphatic heterocycles. The van der Waals surface area contributed by atoms with Crippen LogP contribution in [-0.4, -0.2) is 15.5 Å². The highest BCUT2D eigenvalue weighted by Gasteiger charge is 2.10. The molecule has 0 unspecified atom stereocenters. The maximum absolute atomic E-state index is 12.1. The standard InChI is InChI=1S/C15H18N4O2/c1-9-5-4-6-12(11(9)3)18-13(20)8-19-14(21)7-10(2)17-15(19)16/h4-7H,8H2,1-3H3,(H2,16,17)(H,18,20). The van der Waals surface area contributed by atoms with E-state index in [0.29, 0.717) is 5.69 Å². The smallest absolute Gasteiger partial charge is 0.255 e. The first-order valence-electron chi connectivity index (χ1n) is 6.58. The molecule has 110 valence electrons. The van der Waals surface area contributed by atoms with E-state index in [4.69, 9.17) is 5.73 Å². The van der Waals surface area contributed by atoms with Gasteiger partial charge in [-0.3, -0.25) is 14.2 Å². The summed E-state index contributed by atoms with van der Waals surface area (Å²) < 4.78 is 1.15. The Hall–Kier alpha value is -2.63. The number of nitrogens with one attached hydrogen (secondary N) is 1. The number of benzene rings is 1. The Kier molecular flexibility index (Phi) is 4.07. The summed E-state index contributed by atoms with van der Waals surface area (Å²) in [6.07, 6.45) is 0. The van der Waals surface area contributed by atoms with E-state index in [1.165, 1.54) is 6.07 Å². The lowest BCUT2D eigenvalue weighted by Gasteiger charge is -2.12. The fraction of sp³-hybridized carbons (Fsp3) is 0.267. The first-order valence-corrected chi connectivity index (χ1v) is 6.58. The number of anilines is 2. The Bertz CT molecular complexity index is 750. The lowest BCUT2D eigenvalue weighted by molar-refractivity contribution is -0.116. The van der Waals surface area contributed by atoms with Gasteiger partial charge in [0.25, 0.3) is 5.56 Å². The van der Waals surface area contributed by atoms with E-state index in [0.717, 1.165) is 21.4 Å². The van der Waals surface area contributed by atoms with Gasteiger partial charge in [0.05, 0.1) is 0 Å². The predicted octanol–water partition coefficient (Wildman–Crippen LogP) is 1.39. The van der Waals surface area contributed by atoms with Gasteiger partial charge in [-0.1, -0.05) is 12.1 Å². The van der Waals surface area contributed by atoms with Gasteiger partial charge in [0.2, 0.25) is 11.9 Å². The van der Waals surface area contributed by atoms with Crippen LogP contribution in [0.3, 0.4) is 0 Å². The van der Waals surface area contributed by atoms with E-state index in [1.807, 2.05) is 32.0 Å². The molecule has 0 spiro atoms. The molecular formula is C15H18N4O2. The maximum atomic E-state index is 12.1. The molecule has 2 aromatic rings. The van der Waals surface area contributed by atoms with Crippen LogP contribution < -0.4 is 16.6 Å². The van der Waals surface area contributed by atoms with Gasteiger partial charge in [0.15, 0.2) is 0 Å². The number of aryl methyl sites for hydroxylation is 2. The lowest BCUT2D eigenvalue weighted by atomic mass is 10.1. The van der Waals surface area contributed by atoms with Gasteiger partial charge in [0, 0.05) is 17.4 Å². The number of rotatable bonds is 3. The number of carbonyl (C=O) groups is 1. The molecule has 1 amide bonds. The summed E-state index contributed by atoms with van der Waals surface area (Å²) in [7, 11) is 0. The number of carbonyl (C=O) groups excluding carboxylic acids is 1. The minimum atomic E-state index is -0.337. The maximum Gasteiger partial charge on any atom is 0.255 e. The molecule has 1 aromatic carbocycles. The summed E-state index contributed by atoms with van der Waals surface area (Å²) in [5.41, 5.74) is 8.69. The van der Waals surface area contributed by atoms with Crippen molar-refractivity contribution in [1.29, 1.82) is 0 Å². The van der Waals surface area contributed by atoms with Crippen molar-refractivity contribution in [2.45, 2.75) is 27.3 Å². The Morgan fingerprint density at radius 3 is 2.71 bits per heavy atom. The zero-order chi connectivity index (χ0) is 15.6. The van der Waals surface area contributed by atoms with Crippen LogP contribution in [0.4, 0.5) is 11.6 Å². The second-order valence-corrected chi connectivity index (χ2v) is 4.98. The Labute approximate surface area is 122 Å². The van der Waals surface area contributed by atoms with Crippen molar-refractivity contribution in [2.75, 3.05) is 11.1 Å². The van der Waals surface area contributed by atoms with Gasteiger partial charge in [-0.15, -0.1) is 0 Å². The van der Waals surface area contributed by atoms with E-state index in [1.54, 1.807) is 6.92 Å². The van der Waals surface area contributed by atoms with Crippen LogP contribution in [0.25, 0.3) is 0 Å². The van der Waals surface area contributed by atoms with Gasteiger partial charge in [-0.05, 0) is 38.0 Å². The van der Waals surface area contributed by atoms with Gasteiger partial charge in [-0.25, -0.2) is 4.98 Å². The second kappa shape index (κ2) is 5.78. The van der Waals surface area contributed by atoms with Gasteiger partial charge in [-0.2, -0.15) is 0 Å². The van der Waals surface area contributed by atoms with E-state index in [2.05, 4.69) is 10.3 Å². The summed E-state index contributed by atoms with van der Waals surface area (Å²) in [6, 6.07) is 7.00. The molecule has 1 heterocycles. The lowest BCUT2D eigenvalue weighted by Crippen LogP contribution is -2.30. The number of nitrogens with zero attached hydrogens (tertiary/aromatic N) is 2. The number of hydrogen-bond acceptors (Lipinski definition) is 4. The van der Waals surface area contributed by atoms with Crippen LogP contribution in [-0.2, 0) is 11.3 Å². The molecule has 21 heavy (non-hydrogen) atoms. The summed E-state index contributed by atoms with van der Waals surface area (Å²) in [5, 5.41) is 2.79. The van der Waals surface area contributed by atoms with E-state index in [9.17, 15) is 9.59 Å². The molecule has 2 rings (SSSR count). The van der Waals surface area contributed by atoms with Gasteiger partial charge in [0.1, 0.15) is 6.54 Å². The average molecular weight is 286 g/mol. The fourth-order valence-corrected chi connectivity index (χ4v) is 2.02. The number of aromatic nitrogens is 2. The molecule has 1 aromatic heterocycles. The molecule has 0 bridgehead atoms. The van der Waals surface area contributed by atoms with Gasteiger partial charge >= 0.3 is 0 Å². The zero-order valence-corrected chi connectivity index (χ0v) is 12.3. The SMILES string of the molecule is Cc1cc(=O)n(CC(=O)Nc2cccc(C)c2C)c(N)n1. The average Bonchev–Trinajstić information content (AvgIpc) is 2.39. The third kappa shape index (κ3) is 3.28. The van der Waals surface area contributed by atoms with Crippen molar-refractivity contribution >= 4 is 17.5 Å². The molecular weight excluding hydrogens is 268 g/mol. The number of nitrogen functional groups attached to an aromatic ring is 1. The second-order valence-electron chi connectivity index (χ2n) is 4.98. The molecule has 0 saturated heterocycles. The van der Waals surface area contributed by atoms with Crippen molar-refractivity contribution in [3.8, 4) is 0 Å². The highest BCUT2D eigenvalue weighted by Crippen LogP contribution is 2.17. The first kappa shape index (κ1) is 14.8. The molecule has 0 aliphatic rings. The predicted molar refractivity (Wildman–Crippen MR) is 82.2 cm³/mol. The van der Waals surface area contributed by atoms with Crippen LogP contribution in [0, 0.1) is 20.8 Å². The van der Waals surface area contributed by atoms with Crippen LogP contribution in [0.1, 0.15) is 16.8 Å². The molecule has 0 saturated carbocycles. The largest absolute Gasteiger partial charge is 0.369 e. The van der Waals surface area contributed by atoms with Crippen molar-refractivity contribution in [1.82, 2.24) is 9.55 Å². The van der Waals surface area contributed by atoms with Crippen molar-refractivity contribution in [2.24, 2.45) is 0 Å². The van der Waals surface area contributed by atoms with Crippen molar-refractivity contribution in [3.63, 3.8) is 0 Å². The van der Waals surface area contributed by atoms with Crippen molar-refractivity contribution in [3.05, 3.63) is 51.4 Å². The molecule has 0 atom stereocenters. The minimum absolute atomic E-state index is 0.0381. The zero-order valence-electron chi connectivity index (χ0n) is 12.3. The number of amides is 1. The Morgan fingerprint density at radius 2 is 2.05 bits per heavy atom. The van der Waals surface area contributed by atoms with Crippen molar-refractivity contribution < 1.29 is 4.79 Å². The molecule has 6 nitrogen and oxygen atoms in total. The number of nitrogens with two attached hydrogens (primary N) is 1. The quantitative estimate of drug-likeness (QED) is 0.892. The molecule has 6 heteroatoms. The topological polar surface area (TPSA) is 90.0 Å². The molecule has 0 radical (unpaired) electrons. The van der Waals surface area contributed by atoms with E-state index in [-0.39, 0.29) is 24.0 Å². The van der Waals surface area contributed by atoms with E-state index >= 15 is 0 Å². The fourth-order valence-electron chi connectivity index (χ4n) is 2.02. The Balaban J connectivity index is 2.20. The number of hydrogen-bond donors (Lipinski definition) is 2. The minimum Gasteiger partial charge on any atom is -0.369 e. The Morgan fingerprint density at radius 1 is 1.33 bits per heavy atom. The highest BCUT2D eigenvalue weighted by molar-refractivity contribution is 5.91. The summed E-state index contributed by atoms with van der Waals surface area (Å²) in [4.78, 5) is 27.9. The summed E-state index contributed by atoms with van der Waals surface area (Å²) >= 11 is 0. The third-order valence-electron chi connectivity index (χ3n) is 3.35. The van der Waals surface area contributed by atoms with E-state index < -0.39 is 0 Å². The molecule has 3 N–H and O–H groups in total. The van der Waals surface area contributed by atoms with Gasteiger partial charge < -0.3 is 11.1 Å². The highest BCUT2D eigenvalue weighted by atomic mass is 16.2. The summed E-state index contributed by atoms with van der Waals surface area (Å²) in [5.74, 6) is -0.278.